The van der Waals surface area contributed by atoms with Crippen molar-refractivity contribution in [3.05, 3.63) is 24.3 Å². The molecule has 0 bridgehead atoms. The highest BCUT2D eigenvalue weighted by Crippen LogP contribution is 2.34. The van der Waals surface area contributed by atoms with Crippen molar-refractivity contribution < 1.29 is 17.9 Å². The number of fused-ring (bicyclic) bond motifs is 1. The molecule has 0 aliphatic carbocycles. The second-order valence-corrected chi connectivity index (χ2v) is 8.34. The Morgan fingerprint density at radius 1 is 1.08 bits per heavy atom. The largest absolute Gasteiger partial charge is 0.478 e. The van der Waals surface area contributed by atoms with Crippen LogP contribution in [0.4, 0.5) is 5.69 Å². The van der Waals surface area contributed by atoms with Gasteiger partial charge in [-0.1, -0.05) is 25.0 Å². The van der Waals surface area contributed by atoms with E-state index in [0.717, 1.165) is 38.8 Å². The molecule has 0 N–H and O–H groups in total. The van der Waals surface area contributed by atoms with Crippen molar-refractivity contribution in [1.29, 1.82) is 0 Å². The molecular weight excluding hydrogens is 328 g/mol. The average molecular weight is 352 g/mol. The molecule has 0 spiro atoms. The molecule has 1 fully saturated rings. The van der Waals surface area contributed by atoms with Gasteiger partial charge < -0.3 is 9.64 Å². The van der Waals surface area contributed by atoms with Gasteiger partial charge in [0.15, 0.2) is 6.10 Å². The van der Waals surface area contributed by atoms with Crippen LogP contribution in [-0.4, -0.2) is 51.2 Å². The molecule has 1 aromatic rings. The number of sulfonamides is 1. The fourth-order valence-corrected chi connectivity index (χ4v) is 4.29. The molecular formula is C17H24N2O4S. The van der Waals surface area contributed by atoms with Gasteiger partial charge in [-0.25, -0.2) is 8.42 Å². The van der Waals surface area contributed by atoms with Gasteiger partial charge in [-0.2, -0.15) is 0 Å². The Balaban J connectivity index is 1.85. The van der Waals surface area contributed by atoms with Gasteiger partial charge in [0.1, 0.15) is 5.75 Å². The Labute approximate surface area is 143 Å². The summed E-state index contributed by atoms with van der Waals surface area (Å²) in [5.74, 6) is 0.427. The van der Waals surface area contributed by atoms with Crippen molar-refractivity contribution >= 4 is 21.6 Å². The van der Waals surface area contributed by atoms with Crippen LogP contribution in [0.1, 0.15) is 32.1 Å². The van der Waals surface area contributed by atoms with Gasteiger partial charge in [-0.05, 0) is 25.0 Å². The molecule has 2 heterocycles. The second kappa shape index (κ2) is 7.01. The standard InChI is InChI=1S/C17H24N2O4S/c1-24(21,22)19-13-10-16(23-15-9-5-4-8-14(15)19)17(20)18-11-6-2-3-7-12-18/h4-5,8-9,16H,2-3,6-7,10-13H2,1H3/t16-/m0/s1. The fourth-order valence-electron chi connectivity index (χ4n) is 3.34. The molecule has 2 aliphatic heterocycles. The number of anilines is 1. The summed E-state index contributed by atoms with van der Waals surface area (Å²) >= 11 is 0. The van der Waals surface area contributed by atoms with Gasteiger partial charge in [-0.3, -0.25) is 9.10 Å². The number of para-hydroxylation sites is 2. The highest BCUT2D eigenvalue weighted by atomic mass is 32.2. The number of hydrogen-bond donors (Lipinski definition) is 0. The van der Waals surface area contributed by atoms with Crippen molar-refractivity contribution in [2.75, 3.05) is 30.2 Å². The van der Waals surface area contributed by atoms with Crippen molar-refractivity contribution in [1.82, 2.24) is 4.90 Å². The predicted molar refractivity (Wildman–Crippen MR) is 92.7 cm³/mol. The van der Waals surface area contributed by atoms with E-state index in [2.05, 4.69) is 0 Å². The molecule has 7 heteroatoms. The summed E-state index contributed by atoms with van der Waals surface area (Å²) in [5, 5.41) is 0. The normalized spacial score (nSPS) is 22.1. The maximum Gasteiger partial charge on any atom is 0.263 e. The lowest BCUT2D eigenvalue weighted by Gasteiger charge is -2.25. The highest BCUT2D eigenvalue weighted by Gasteiger charge is 2.33. The zero-order chi connectivity index (χ0) is 17.2. The molecule has 0 radical (unpaired) electrons. The third kappa shape index (κ3) is 3.66. The van der Waals surface area contributed by atoms with Gasteiger partial charge in [0.25, 0.3) is 5.91 Å². The Morgan fingerprint density at radius 2 is 1.75 bits per heavy atom. The monoisotopic (exact) mass is 352 g/mol. The van der Waals surface area contributed by atoms with Gasteiger partial charge in [0, 0.05) is 26.1 Å². The maximum absolute atomic E-state index is 12.9. The molecule has 1 atom stereocenters. The number of carbonyl (C=O) groups excluding carboxylic acids is 1. The summed E-state index contributed by atoms with van der Waals surface area (Å²) in [6, 6.07) is 7.01. The van der Waals surface area contributed by atoms with E-state index < -0.39 is 16.1 Å². The van der Waals surface area contributed by atoms with E-state index in [0.29, 0.717) is 17.9 Å². The van der Waals surface area contributed by atoms with Gasteiger partial charge in [-0.15, -0.1) is 0 Å². The second-order valence-electron chi connectivity index (χ2n) is 6.44. The van der Waals surface area contributed by atoms with Crippen LogP contribution in [0.2, 0.25) is 0 Å². The van der Waals surface area contributed by atoms with E-state index >= 15 is 0 Å². The molecule has 1 amide bonds. The first-order valence-corrected chi connectivity index (χ1v) is 10.3. The highest BCUT2D eigenvalue weighted by molar-refractivity contribution is 7.92. The molecule has 1 aromatic carbocycles. The summed E-state index contributed by atoms with van der Waals surface area (Å²) in [5.41, 5.74) is 0.506. The van der Waals surface area contributed by atoms with E-state index in [1.54, 1.807) is 24.3 Å². The molecule has 0 unspecified atom stereocenters. The number of nitrogens with zero attached hydrogens (tertiary/aromatic N) is 2. The summed E-state index contributed by atoms with van der Waals surface area (Å²) < 4.78 is 31.5. The quantitative estimate of drug-likeness (QED) is 0.817. The Hall–Kier alpha value is -1.76. The molecule has 0 saturated carbocycles. The maximum atomic E-state index is 12.9. The minimum Gasteiger partial charge on any atom is -0.478 e. The van der Waals surface area contributed by atoms with E-state index in [4.69, 9.17) is 4.74 Å². The van der Waals surface area contributed by atoms with Crippen molar-refractivity contribution in [2.24, 2.45) is 0 Å². The van der Waals surface area contributed by atoms with Crippen LogP contribution in [0.5, 0.6) is 5.75 Å². The third-order valence-electron chi connectivity index (χ3n) is 4.59. The van der Waals surface area contributed by atoms with Crippen molar-refractivity contribution in [2.45, 2.75) is 38.2 Å². The molecule has 3 rings (SSSR count). The van der Waals surface area contributed by atoms with E-state index in [9.17, 15) is 13.2 Å². The molecule has 0 aromatic heterocycles. The zero-order valence-electron chi connectivity index (χ0n) is 14.0. The Morgan fingerprint density at radius 3 is 2.42 bits per heavy atom. The number of carbonyl (C=O) groups is 1. The number of amides is 1. The van der Waals surface area contributed by atoms with Crippen molar-refractivity contribution in [3.8, 4) is 5.75 Å². The van der Waals surface area contributed by atoms with Crippen LogP contribution in [0, 0.1) is 0 Å². The van der Waals surface area contributed by atoms with E-state index in [1.165, 1.54) is 10.6 Å². The molecule has 1 saturated heterocycles. The SMILES string of the molecule is CS(=O)(=O)N1CC[C@@H](C(=O)N2CCCCCC2)Oc2ccccc21. The summed E-state index contributed by atoms with van der Waals surface area (Å²) in [6.07, 6.45) is 5.25. The number of rotatable bonds is 2. The van der Waals surface area contributed by atoms with Crippen molar-refractivity contribution in [3.63, 3.8) is 0 Å². The minimum atomic E-state index is -3.41. The van der Waals surface area contributed by atoms with E-state index in [1.807, 2.05) is 4.90 Å². The predicted octanol–water partition coefficient (Wildman–Crippen LogP) is 2.01. The smallest absolute Gasteiger partial charge is 0.263 e. The fraction of sp³-hybridized carbons (Fsp3) is 0.588. The lowest BCUT2D eigenvalue weighted by atomic mass is 10.2. The minimum absolute atomic E-state index is 0.0259. The Kier molecular flexibility index (Phi) is 4.99. The first-order chi connectivity index (χ1) is 11.5. The molecule has 2 aliphatic rings. The Bertz CT molecular complexity index is 696. The lowest BCUT2D eigenvalue weighted by molar-refractivity contribution is -0.138. The van der Waals surface area contributed by atoms with Crippen LogP contribution in [0.25, 0.3) is 0 Å². The van der Waals surface area contributed by atoms with Crippen LogP contribution < -0.4 is 9.04 Å². The first-order valence-electron chi connectivity index (χ1n) is 8.49. The van der Waals surface area contributed by atoms with Crippen LogP contribution in [-0.2, 0) is 14.8 Å². The third-order valence-corrected chi connectivity index (χ3v) is 5.77. The van der Waals surface area contributed by atoms with Crippen LogP contribution in [0.3, 0.4) is 0 Å². The summed E-state index contributed by atoms with van der Waals surface area (Å²) in [6.45, 7) is 1.77. The molecule has 132 valence electrons. The summed E-state index contributed by atoms with van der Waals surface area (Å²) in [4.78, 5) is 14.7. The first kappa shape index (κ1) is 17.1. The van der Waals surface area contributed by atoms with Gasteiger partial charge in [0.05, 0.1) is 11.9 Å². The van der Waals surface area contributed by atoms with E-state index in [-0.39, 0.29) is 12.5 Å². The van der Waals surface area contributed by atoms with Crippen LogP contribution >= 0.6 is 0 Å². The number of hydrogen-bond acceptors (Lipinski definition) is 4. The summed E-state index contributed by atoms with van der Waals surface area (Å²) in [7, 11) is -3.41. The lowest BCUT2D eigenvalue weighted by Crippen LogP contribution is -2.43. The van der Waals surface area contributed by atoms with Crippen LogP contribution in [0.15, 0.2) is 24.3 Å². The van der Waals surface area contributed by atoms with Gasteiger partial charge >= 0.3 is 0 Å². The van der Waals surface area contributed by atoms with Gasteiger partial charge in [0.2, 0.25) is 10.0 Å². The number of ether oxygens (including phenoxy) is 1. The average Bonchev–Trinajstić information content (AvgIpc) is 2.92. The zero-order valence-corrected chi connectivity index (χ0v) is 14.8. The topological polar surface area (TPSA) is 66.9 Å². The molecule has 24 heavy (non-hydrogen) atoms. The number of likely N-dealkylation sites (tertiary alicyclic amines) is 1. The molecule has 6 nitrogen and oxygen atoms in total. The number of benzene rings is 1.